The third-order valence-corrected chi connectivity index (χ3v) is 4.69. The normalized spacial score (nSPS) is 18.8. The van der Waals surface area contributed by atoms with E-state index in [1.54, 1.807) is 17.8 Å². The van der Waals surface area contributed by atoms with Gasteiger partial charge >= 0.3 is 6.09 Å². The summed E-state index contributed by atoms with van der Waals surface area (Å²) in [7, 11) is 0. The molecule has 128 valence electrons. The zero-order valence-corrected chi connectivity index (χ0v) is 15.7. The lowest BCUT2D eigenvalue weighted by molar-refractivity contribution is 0.0177. The SMILES string of the molecule is Cc1cc(Cl)nc(SC[C@@H]2CCCN(C(=O)OC(C)(C)C)C2)n1. The molecule has 1 atom stereocenters. The number of piperidine rings is 1. The third-order valence-electron chi connectivity index (χ3n) is 3.42. The van der Waals surface area contributed by atoms with Gasteiger partial charge in [-0.05, 0) is 52.5 Å². The summed E-state index contributed by atoms with van der Waals surface area (Å²) in [6, 6.07) is 1.75. The van der Waals surface area contributed by atoms with Gasteiger partial charge in [-0.25, -0.2) is 14.8 Å². The highest BCUT2D eigenvalue weighted by atomic mass is 35.5. The monoisotopic (exact) mass is 357 g/mol. The number of hydrogen-bond donors (Lipinski definition) is 0. The second kappa shape index (κ2) is 7.71. The van der Waals surface area contributed by atoms with Crippen LogP contribution < -0.4 is 0 Å². The first-order valence-corrected chi connectivity index (χ1v) is 9.21. The molecular formula is C16H24ClN3O2S. The van der Waals surface area contributed by atoms with Gasteiger partial charge in [-0.3, -0.25) is 0 Å². The fourth-order valence-corrected chi connectivity index (χ4v) is 3.77. The lowest BCUT2D eigenvalue weighted by atomic mass is 10.0. The number of rotatable bonds is 3. The van der Waals surface area contributed by atoms with E-state index in [0.29, 0.717) is 16.2 Å². The third kappa shape index (κ3) is 6.18. The van der Waals surface area contributed by atoms with Crippen molar-refractivity contribution in [3.8, 4) is 0 Å². The minimum atomic E-state index is -0.453. The lowest BCUT2D eigenvalue weighted by Gasteiger charge is -2.33. The summed E-state index contributed by atoms with van der Waals surface area (Å²) in [6.45, 7) is 9.07. The first-order valence-electron chi connectivity index (χ1n) is 7.85. The molecule has 0 unspecified atom stereocenters. The van der Waals surface area contributed by atoms with Gasteiger partial charge in [-0.1, -0.05) is 23.4 Å². The van der Waals surface area contributed by atoms with E-state index in [1.807, 2.05) is 32.6 Å². The van der Waals surface area contributed by atoms with Gasteiger partial charge in [0.2, 0.25) is 0 Å². The maximum atomic E-state index is 12.2. The Hall–Kier alpha value is -1.01. The van der Waals surface area contributed by atoms with Crippen molar-refractivity contribution in [3.05, 3.63) is 16.9 Å². The Morgan fingerprint density at radius 2 is 2.22 bits per heavy atom. The van der Waals surface area contributed by atoms with Crippen LogP contribution >= 0.6 is 23.4 Å². The van der Waals surface area contributed by atoms with E-state index in [0.717, 1.165) is 37.4 Å². The van der Waals surface area contributed by atoms with Crippen LogP contribution in [-0.2, 0) is 4.74 Å². The summed E-state index contributed by atoms with van der Waals surface area (Å²) >= 11 is 7.56. The quantitative estimate of drug-likeness (QED) is 0.461. The molecule has 0 saturated carbocycles. The van der Waals surface area contributed by atoms with Gasteiger partial charge < -0.3 is 9.64 Å². The van der Waals surface area contributed by atoms with Gasteiger partial charge in [0.05, 0.1) is 0 Å². The Labute approximate surface area is 147 Å². The van der Waals surface area contributed by atoms with Crippen LogP contribution in [0.1, 0.15) is 39.3 Å². The number of thioether (sulfide) groups is 1. The maximum Gasteiger partial charge on any atom is 0.410 e. The minimum Gasteiger partial charge on any atom is -0.444 e. The van der Waals surface area contributed by atoms with E-state index in [4.69, 9.17) is 16.3 Å². The van der Waals surface area contributed by atoms with E-state index in [9.17, 15) is 4.79 Å². The van der Waals surface area contributed by atoms with Crippen LogP contribution in [0.5, 0.6) is 0 Å². The molecule has 2 heterocycles. The molecule has 1 aliphatic heterocycles. The van der Waals surface area contributed by atoms with E-state index in [-0.39, 0.29) is 6.09 Å². The van der Waals surface area contributed by atoms with Gasteiger partial charge in [-0.2, -0.15) is 0 Å². The summed E-state index contributed by atoms with van der Waals surface area (Å²) in [5, 5.41) is 1.17. The number of likely N-dealkylation sites (tertiary alicyclic amines) is 1. The van der Waals surface area contributed by atoms with Crippen LogP contribution in [0.2, 0.25) is 5.15 Å². The molecule has 1 aliphatic rings. The molecule has 23 heavy (non-hydrogen) atoms. The Bertz CT molecular complexity index is 542. The van der Waals surface area contributed by atoms with Gasteiger partial charge in [-0.15, -0.1) is 0 Å². The summed E-state index contributed by atoms with van der Waals surface area (Å²) in [5.41, 5.74) is 0.414. The number of halogens is 1. The first-order chi connectivity index (χ1) is 10.7. The zero-order valence-electron chi connectivity index (χ0n) is 14.1. The van der Waals surface area contributed by atoms with Crippen molar-refractivity contribution >= 4 is 29.5 Å². The summed E-state index contributed by atoms with van der Waals surface area (Å²) in [6.07, 6.45) is 1.88. The van der Waals surface area contributed by atoms with Crippen molar-refractivity contribution < 1.29 is 9.53 Å². The highest BCUT2D eigenvalue weighted by molar-refractivity contribution is 7.99. The van der Waals surface area contributed by atoms with Crippen molar-refractivity contribution in [3.63, 3.8) is 0 Å². The van der Waals surface area contributed by atoms with Crippen LogP contribution in [0.3, 0.4) is 0 Å². The number of carbonyl (C=O) groups excluding carboxylic acids is 1. The van der Waals surface area contributed by atoms with Crippen molar-refractivity contribution in [2.75, 3.05) is 18.8 Å². The first kappa shape index (κ1) is 18.3. The molecule has 1 aromatic heterocycles. The van der Waals surface area contributed by atoms with Crippen LogP contribution in [0.4, 0.5) is 4.79 Å². The molecule has 1 aromatic rings. The smallest absolute Gasteiger partial charge is 0.410 e. The van der Waals surface area contributed by atoms with Crippen molar-refractivity contribution in [2.24, 2.45) is 5.92 Å². The van der Waals surface area contributed by atoms with Crippen molar-refractivity contribution in [2.45, 2.75) is 51.3 Å². The Kier molecular flexibility index (Phi) is 6.14. The average Bonchev–Trinajstić information content (AvgIpc) is 2.43. The molecule has 2 rings (SSSR count). The lowest BCUT2D eigenvalue weighted by Crippen LogP contribution is -2.43. The number of carbonyl (C=O) groups is 1. The fourth-order valence-electron chi connectivity index (χ4n) is 2.45. The van der Waals surface area contributed by atoms with Gasteiger partial charge in [0.1, 0.15) is 10.8 Å². The van der Waals surface area contributed by atoms with Gasteiger partial charge in [0.15, 0.2) is 5.16 Å². The predicted octanol–water partition coefficient (Wildman–Crippen LogP) is 4.18. The number of aromatic nitrogens is 2. The second-order valence-corrected chi connectivity index (χ2v) is 8.23. The van der Waals surface area contributed by atoms with Gasteiger partial charge in [0, 0.05) is 24.5 Å². The van der Waals surface area contributed by atoms with Crippen LogP contribution in [0, 0.1) is 12.8 Å². The van der Waals surface area contributed by atoms with E-state index in [1.165, 1.54) is 0 Å². The molecule has 1 amide bonds. The number of aryl methyl sites for hydroxylation is 1. The second-order valence-electron chi connectivity index (χ2n) is 6.86. The topological polar surface area (TPSA) is 55.3 Å². The molecule has 7 heteroatoms. The molecule has 0 N–H and O–H groups in total. The highest BCUT2D eigenvalue weighted by Gasteiger charge is 2.27. The number of hydrogen-bond acceptors (Lipinski definition) is 5. The zero-order chi connectivity index (χ0) is 17.0. The number of nitrogens with zero attached hydrogens (tertiary/aromatic N) is 3. The molecule has 0 bridgehead atoms. The number of amides is 1. The molecule has 0 aliphatic carbocycles. The summed E-state index contributed by atoms with van der Waals surface area (Å²) in [5.74, 6) is 1.29. The molecule has 0 spiro atoms. The molecular weight excluding hydrogens is 334 g/mol. The van der Waals surface area contributed by atoms with E-state index in [2.05, 4.69) is 9.97 Å². The number of ether oxygens (including phenoxy) is 1. The van der Waals surface area contributed by atoms with Crippen LogP contribution in [-0.4, -0.2) is 45.4 Å². The van der Waals surface area contributed by atoms with Gasteiger partial charge in [0.25, 0.3) is 0 Å². The largest absolute Gasteiger partial charge is 0.444 e. The highest BCUT2D eigenvalue weighted by Crippen LogP contribution is 2.25. The minimum absolute atomic E-state index is 0.220. The Balaban J connectivity index is 1.87. The summed E-state index contributed by atoms with van der Waals surface area (Å²) in [4.78, 5) is 22.6. The Morgan fingerprint density at radius 3 is 2.87 bits per heavy atom. The molecule has 1 fully saturated rings. The van der Waals surface area contributed by atoms with Crippen LogP contribution in [0.15, 0.2) is 11.2 Å². The maximum absolute atomic E-state index is 12.2. The molecule has 0 radical (unpaired) electrons. The predicted molar refractivity (Wildman–Crippen MR) is 93.0 cm³/mol. The Morgan fingerprint density at radius 1 is 1.48 bits per heavy atom. The standard InChI is InChI=1S/C16H24ClN3O2S/c1-11-8-13(17)19-14(18-11)23-10-12-6-5-7-20(9-12)15(21)22-16(2,3)4/h8,12H,5-7,9-10H2,1-4H3/t12-/m1/s1. The van der Waals surface area contributed by atoms with Crippen LogP contribution in [0.25, 0.3) is 0 Å². The average molecular weight is 358 g/mol. The van der Waals surface area contributed by atoms with E-state index < -0.39 is 5.60 Å². The molecule has 1 saturated heterocycles. The molecule has 5 nitrogen and oxygen atoms in total. The van der Waals surface area contributed by atoms with E-state index >= 15 is 0 Å². The molecule has 0 aromatic carbocycles. The summed E-state index contributed by atoms with van der Waals surface area (Å²) < 4.78 is 5.46. The fraction of sp³-hybridized carbons (Fsp3) is 0.688. The van der Waals surface area contributed by atoms with Crippen molar-refractivity contribution in [1.29, 1.82) is 0 Å². The van der Waals surface area contributed by atoms with Crippen molar-refractivity contribution in [1.82, 2.24) is 14.9 Å².